The van der Waals surface area contributed by atoms with E-state index in [0.717, 1.165) is 32.2 Å². The zero-order chi connectivity index (χ0) is 13.7. The highest BCUT2D eigenvalue weighted by molar-refractivity contribution is 5.87. The van der Waals surface area contributed by atoms with E-state index in [1.807, 2.05) is 0 Å². The fraction of sp³-hybridized carbons (Fsp3) is 0.857. The number of hydrogen-bond donors (Lipinski definition) is 3. The quantitative estimate of drug-likeness (QED) is 0.702. The van der Waals surface area contributed by atoms with Gasteiger partial charge in [-0.1, -0.05) is 32.1 Å². The normalized spacial score (nSPS) is 26.0. The molecular formula is C14H24N2O3. The summed E-state index contributed by atoms with van der Waals surface area (Å²) in [4.78, 5) is 23.3. The molecule has 2 atom stereocenters. The van der Waals surface area contributed by atoms with E-state index in [4.69, 9.17) is 0 Å². The number of carboxylic acids is 1. The molecule has 3 N–H and O–H groups in total. The molecule has 1 saturated carbocycles. The van der Waals surface area contributed by atoms with Crippen LogP contribution in [-0.4, -0.2) is 35.6 Å². The molecule has 0 aromatic heterocycles. The molecule has 19 heavy (non-hydrogen) atoms. The van der Waals surface area contributed by atoms with Gasteiger partial charge in [0.05, 0.1) is 6.04 Å². The summed E-state index contributed by atoms with van der Waals surface area (Å²) in [6.45, 7) is 0.846. The lowest BCUT2D eigenvalue weighted by Crippen LogP contribution is -2.49. The monoisotopic (exact) mass is 268 g/mol. The van der Waals surface area contributed by atoms with Crippen molar-refractivity contribution in [2.45, 2.75) is 63.5 Å². The van der Waals surface area contributed by atoms with Crippen molar-refractivity contribution in [2.24, 2.45) is 5.92 Å². The van der Waals surface area contributed by atoms with Crippen molar-refractivity contribution in [3.8, 4) is 0 Å². The number of nitrogens with one attached hydrogen (secondary N) is 2. The van der Waals surface area contributed by atoms with Gasteiger partial charge in [-0.2, -0.15) is 0 Å². The van der Waals surface area contributed by atoms with Crippen LogP contribution in [0.5, 0.6) is 0 Å². The second-order valence-electron chi connectivity index (χ2n) is 5.79. The van der Waals surface area contributed by atoms with E-state index < -0.39 is 12.0 Å². The lowest BCUT2D eigenvalue weighted by molar-refractivity contribution is -0.142. The van der Waals surface area contributed by atoms with Crippen molar-refractivity contribution in [1.82, 2.24) is 10.6 Å². The van der Waals surface area contributed by atoms with Crippen molar-refractivity contribution in [1.29, 1.82) is 0 Å². The van der Waals surface area contributed by atoms with Gasteiger partial charge >= 0.3 is 5.97 Å². The summed E-state index contributed by atoms with van der Waals surface area (Å²) >= 11 is 0. The highest BCUT2D eigenvalue weighted by Crippen LogP contribution is 2.27. The van der Waals surface area contributed by atoms with Crippen molar-refractivity contribution < 1.29 is 14.7 Å². The first kappa shape index (κ1) is 14.3. The van der Waals surface area contributed by atoms with Crippen LogP contribution in [0.1, 0.15) is 51.4 Å². The number of rotatable bonds is 5. The van der Waals surface area contributed by atoms with Gasteiger partial charge in [0.2, 0.25) is 5.91 Å². The molecule has 5 nitrogen and oxygen atoms in total. The van der Waals surface area contributed by atoms with Crippen LogP contribution in [-0.2, 0) is 9.59 Å². The van der Waals surface area contributed by atoms with Gasteiger partial charge < -0.3 is 15.7 Å². The minimum atomic E-state index is -0.906. The number of aliphatic carboxylic acids is 1. The SMILES string of the molecule is O=C(O)[C@H](CC1CCCCC1)NC(=O)[C@@H]1CCCN1. The second kappa shape index (κ2) is 6.89. The maximum Gasteiger partial charge on any atom is 0.326 e. The average molecular weight is 268 g/mol. The van der Waals surface area contributed by atoms with Crippen molar-refractivity contribution in [3.63, 3.8) is 0 Å². The molecule has 2 fully saturated rings. The number of carbonyl (C=O) groups excluding carboxylic acids is 1. The van der Waals surface area contributed by atoms with Gasteiger partial charge in [-0.15, -0.1) is 0 Å². The first-order chi connectivity index (χ1) is 9.16. The molecule has 1 saturated heterocycles. The fourth-order valence-corrected chi connectivity index (χ4v) is 3.16. The Hall–Kier alpha value is -1.10. The maximum atomic E-state index is 12.0. The molecule has 0 unspecified atom stereocenters. The summed E-state index contributed by atoms with van der Waals surface area (Å²) in [5.74, 6) is -0.607. The Morgan fingerprint density at radius 3 is 2.47 bits per heavy atom. The largest absolute Gasteiger partial charge is 0.480 e. The molecule has 1 amide bonds. The molecule has 1 heterocycles. The molecule has 108 valence electrons. The molecule has 5 heteroatoms. The summed E-state index contributed by atoms with van der Waals surface area (Å²) in [6, 6.07) is -0.925. The van der Waals surface area contributed by atoms with Crippen LogP contribution in [0, 0.1) is 5.92 Å². The Balaban J connectivity index is 1.84. The van der Waals surface area contributed by atoms with Gasteiger partial charge in [0.15, 0.2) is 0 Å². The Bertz CT molecular complexity index is 321. The fourth-order valence-electron chi connectivity index (χ4n) is 3.16. The molecule has 0 aromatic carbocycles. The van der Waals surface area contributed by atoms with Crippen LogP contribution in [0.25, 0.3) is 0 Å². The van der Waals surface area contributed by atoms with Gasteiger partial charge in [-0.25, -0.2) is 4.79 Å². The Kier molecular flexibility index (Phi) is 5.19. The third-order valence-electron chi connectivity index (χ3n) is 4.29. The Morgan fingerprint density at radius 2 is 1.89 bits per heavy atom. The number of hydrogen-bond acceptors (Lipinski definition) is 3. The van der Waals surface area contributed by atoms with E-state index in [9.17, 15) is 14.7 Å². The Morgan fingerprint density at radius 1 is 1.16 bits per heavy atom. The molecule has 2 aliphatic rings. The van der Waals surface area contributed by atoms with E-state index in [-0.39, 0.29) is 11.9 Å². The smallest absolute Gasteiger partial charge is 0.326 e. The van der Waals surface area contributed by atoms with Crippen LogP contribution in [0.15, 0.2) is 0 Å². The van der Waals surface area contributed by atoms with Gasteiger partial charge in [0.1, 0.15) is 6.04 Å². The number of amides is 1. The van der Waals surface area contributed by atoms with E-state index in [1.54, 1.807) is 0 Å². The first-order valence-electron chi connectivity index (χ1n) is 7.43. The van der Waals surface area contributed by atoms with Crippen molar-refractivity contribution in [3.05, 3.63) is 0 Å². The minimum Gasteiger partial charge on any atom is -0.480 e. The van der Waals surface area contributed by atoms with Crippen LogP contribution < -0.4 is 10.6 Å². The second-order valence-corrected chi connectivity index (χ2v) is 5.79. The van der Waals surface area contributed by atoms with Gasteiger partial charge in [0, 0.05) is 0 Å². The summed E-state index contributed by atoms with van der Waals surface area (Å²) in [5.41, 5.74) is 0. The lowest BCUT2D eigenvalue weighted by Gasteiger charge is -2.25. The predicted molar refractivity (Wildman–Crippen MR) is 71.8 cm³/mol. The van der Waals surface area contributed by atoms with Crippen LogP contribution in [0.2, 0.25) is 0 Å². The molecule has 1 aliphatic heterocycles. The topological polar surface area (TPSA) is 78.4 Å². The van der Waals surface area contributed by atoms with Gasteiger partial charge in [-0.05, 0) is 31.7 Å². The zero-order valence-corrected chi connectivity index (χ0v) is 11.4. The predicted octanol–water partition coefficient (Wildman–Crippen LogP) is 1.28. The van der Waals surface area contributed by atoms with Crippen molar-refractivity contribution >= 4 is 11.9 Å². The first-order valence-corrected chi connectivity index (χ1v) is 7.43. The molecular weight excluding hydrogens is 244 g/mol. The van der Waals surface area contributed by atoms with E-state index >= 15 is 0 Å². The van der Waals surface area contributed by atoms with Gasteiger partial charge in [0.25, 0.3) is 0 Å². The zero-order valence-electron chi connectivity index (χ0n) is 11.4. The Labute approximate surface area is 114 Å². The summed E-state index contributed by atoms with van der Waals surface area (Å²) in [7, 11) is 0. The number of carboxylic acid groups (broad SMARTS) is 1. The van der Waals surface area contributed by atoms with Crippen molar-refractivity contribution in [2.75, 3.05) is 6.54 Å². The van der Waals surface area contributed by atoms with E-state index in [2.05, 4.69) is 10.6 Å². The molecule has 0 bridgehead atoms. The number of carbonyl (C=O) groups is 2. The molecule has 0 spiro atoms. The summed E-state index contributed by atoms with van der Waals surface area (Å²) in [5, 5.41) is 15.1. The third-order valence-corrected chi connectivity index (χ3v) is 4.29. The highest BCUT2D eigenvalue weighted by Gasteiger charge is 2.29. The van der Waals surface area contributed by atoms with E-state index in [1.165, 1.54) is 19.3 Å². The summed E-state index contributed by atoms with van der Waals surface area (Å²) < 4.78 is 0. The van der Waals surface area contributed by atoms with Crippen LogP contribution in [0.4, 0.5) is 0 Å². The summed E-state index contributed by atoms with van der Waals surface area (Å²) in [6.07, 6.45) is 8.20. The standard InChI is InChI=1S/C14H24N2O3/c17-13(11-7-4-8-15-11)16-12(14(18)19)9-10-5-2-1-3-6-10/h10-12,15H,1-9H2,(H,16,17)(H,18,19)/t11-,12-/m0/s1. The lowest BCUT2D eigenvalue weighted by atomic mass is 9.85. The highest BCUT2D eigenvalue weighted by atomic mass is 16.4. The molecule has 2 rings (SSSR count). The van der Waals surface area contributed by atoms with Crippen LogP contribution >= 0.6 is 0 Å². The molecule has 0 radical (unpaired) electrons. The molecule has 1 aliphatic carbocycles. The molecule has 0 aromatic rings. The maximum absolute atomic E-state index is 12.0. The average Bonchev–Trinajstić information content (AvgIpc) is 2.93. The van der Waals surface area contributed by atoms with Gasteiger partial charge in [-0.3, -0.25) is 4.79 Å². The third kappa shape index (κ3) is 4.20. The van der Waals surface area contributed by atoms with E-state index in [0.29, 0.717) is 12.3 Å². The van der Waals surface area contributed by atoms with Crippen LogP contribution in [0.3, 0.4) is 0 Å². The minimum absolute atomic E-state index is 0.152.